The highest BCUT2D eigenvalue weighted by Crippen LogP contribution is 2.31. The Balaban J connectivity index is 1.34. The second kappa shape index (κ2) is 7.35. The van der Waals surface area contributed by atoms with Crippen LogP contribution < -0.4 is 14.8 Å². The first-order valence-electron chi connectivity index (χ1n) is 9.23. The van der Waals surface area contributed by atoms with Gasteiger partial charge in [-0.3, -0.25) is 4.79 Å². The first-order chi connectivity index (χ1) is 13.1. The summed E-state index contributed by atoms with van der Waals surface area (Å²) in [5.74, 6) is 1.56. The number of carbonyl (C=O) groups excluding carboxylic acids is 1. The van der Waals surface area contributed by atoms with E-state index < -0.39 is 0 Å². The molecule has 1 N–H and O–H groups in total. The van der Waals surface area contributed by atoms with Crippen molar-refractivity contribution in [2.45, 2.75) is 26.7 Å². The Morgan fingerprint density at radius 1 is 1.07 bits per heavy atom. The molecular formula is C22H23NO4. The molecule has 1 aliphatic heterocycles. The van der Waals surface area contributed by atoms with Gasteiger partial charge < -0.3 is 19.2 Å². The zero-order valence-corrected chi connectivity index (χ0v) is 15.6. The SMILES string of the molecule is Cc1ccc2c(CC(=O)NCCc3ccc4c(c3)OCCO4)coc2c1C. The van der Waals surface area contributed by atoms with Crippen molar-refractivity contribution < 1.29 is 18.7 Å². The molecule has 0 saturated carbocycles. The number of ether oxygens (including phenoxy) is 2. The smallest absolute Gasteiger partial charge is 0.224 e. The van der Waals surface area contributed by atoms with Crippen LogP contribution in [0.2, 0.25) is 0 Å². The average Bonchev–Trinajstić information content (AvgIpc) is 3.08. The first kappa shape index (κ1) is 17.5. The number of furan rings is 1. The van der Waals surface area contributed by atoms with Crippen LogP contribution >= 0.6 is 0 Å². The van der Waals surface area contributed by atoms with Crippen molar-refractivity contribution in [1.82, 2.24) is 5.32 Å². The molecule has 27 heavy (non-hydrogen) atoms. The van der Waals surface area contributed by atoms with Crippen LogP contribution in [0, 0.1) is 13.8 Å². The van der Waals surface area contributed by atoms with Crippen molar-refractivity contribution in [1.29, 1.82) is 0 Å². The van der Waals surface area contributed by atoms with E-state index >= 15 is 0 Å². The number of hydrogen-bond acceptors (Lipinski definition) is 4. The van der Waals surface area contributed by atoms with E-state index in [-0.39, 0.29) is 5.91 Å². The zero-order chi connectivity index (χ0) is 18.8. The Labute approximate surface area is 158 Å². The van der Waals surface area contributed by atoms with Crippen LogP contribution in [0.4, 0.5) is 0 Å². The van der Waals surface area contributed by atoms with Gasteiger partial charge in [0.05, 0.1) is 12.7 Å². The summed E-state index contributed by atoms with van der Waals surface area (Å²) in [6.07, 6.45) is 2.75. The monoisotopic (exact) mass is 365 g/mol. The third-order valence-corrected chi connectivity index (χ3v) is 5.04. The Morgan fingerprint density at radius 3 is 2.74 bits per heavy atom. The van der Waals surface area contributed by atoms with Crippen LogP contribution in [0.3, 0.4) is 0 Å². The maximum Gasteiger partial charge on any atom is 0.224 e. The predicted molar refractivity (Wildman–Crippen MR) is 104 cm³/mol. The predicted octanol–water partition coefficient (Wildman–Crippen LogP) is 3.72. The molecule has 1 amide bonds. The molecule has 0 saturated heterocycles. The Kier molecular flexibility index (Phi) is 4.75. The number of carbonyl (C=O) groups is 1. The standard InChI is InChI=1S/C22H23NO4/c1-14-3-5-18-17(13-27-22(18)15(14)2)12-21(24)23-8-7-16-4-6-19-20(11-16)26-10-9-25-19/h3-6,11,13H,7-10,12H2,1-2H3,(H,23,24). The number of fused-ring (bicyclic) bond motifs is 2. The van der Waals surface area contributed by atoms with Gasteiger partial charge in [-0.25, -0.2) is 0 Å². The Morgan fingerprint density at radius 2 is 1.89 bits per heavy atom. The van der Waals surface area contributed by atoms with Crippen molar-refractivity contribution in [2.75, 3.05) is 19.8 Å². The molecule has 0 aliphatic carbocycles. The van der Waals surface area contributed by atoms with E-state index in [1.807, 2.05) is 31.2 Å². The lowest BCUT2D eigenvalue weighted by Gasteiger charge is -2.18. The van der Waals surface area contributed by atoms with E-state index in [1.165, 1.54) is 5.56 Å². The van der Waals surface area contributed by atoms with Crippen molar-refractivity contribution >= 4 is 16.9 Å². The molecule has 2 aromatic carbocycles. The molecule has 0 fully saturated rings. The third-order valence-electron chi connectivity index (χ3n) is 5.04. The van der Waals surface area contributed by atoms with Gasteiger partial charge in [0.25, 0.3) is 0 Å². The molecule has 4 rings (SSSR count). The number of hydrogen-bond donors (Lipinski definition) is 1. The highest BCUT2D eigenvalue weighted by Gasteiger charge is 2.14. The molecule has 140 valence electrons. The summed E-state index contributed by atoms with van der Waals surface area (Å²) < 4.78 is 16.8. The lowest BCUT2D eigenvalue weighted by Crippen LogP contribution is -2.27. The van der Waals surface area contributed by atoms with Gasteiger partial charge in [-0.2, -0.15) is 0 Å². The minimum atomic E-state index is -0.00604. The summed E-state index contributed by atoms with van der Waals surface area (Å²) in [5.41, 5.74) is 5.21. The number of rotatable bonds is 5. The quantitative estimate of drug-likeness (QED) is 0.749. The molecule has 2 heterocycles. The highest BCUT2D eigenvalue weighted by atomic mass is 16.6. The van der Waals surface area contributed by atoms with Crippen LogP contribution in [0.25, 0.3) is 11.0 Å². The molecule has 1 aromatic heterocycles. The van der Waals surface area contributed by atoms with E-state index in [0.29, 0.717) is 26.2 Å². The van der Waals surface area contributed by atoms with Gasteiger partial charge in [-0.1, -0.05) is 18.2 Å². The Hall–Kier alpha value is -2.95. The van der Waals surface area contributed by atoms with Crippen LogP contribution in [0.15, 0.2) is 41.0 Å². The molecule has 0 bridgehead atoms. The van der Waals surface area contributed by atoms with Crippen molar-refractivity contribution in [2.24, 2.45) is 0 Å². The van der Waals surface area contributed by atoms with Gasteiger partial charge in [0, 0.05) is 17.5 Å². The molecule has 5 nitrogen and oxygen atoms in total. The molecule has 1 aliphatic rings. The molecular weight excluding hydrogens is 342 g/mol. The fraction of sp³-hybridized carbons (Fsp3) is 0.318. The zero-order valence-electron chi connectivity index (χ0n) is 15.6. The summed E-state index contributed by atoms with van der Waals surface area (Å²) in [5, 5.41) is 4.00. The maximum absolute atomic E-state index is 12.3. The fourth-order valence-electron chi connectivity index (χ4n) is 3.35. The van der Waals surface area contributed by atoms with Crippen molar-refractivity contribution in [3.05, 3.63) is 58.8 Å². The summed E-state index contributed by atoms with van der Waals surface area (Å²) in [6, 6.07) is 10.0. The third kappa shape index (κ3) is 3.63. The van der Waals surface area contributed by atoms with Crippen molar-refractivity contribution in [3.63, 3.8) is 0 Å². The van der Waals surface area contributed by atoms with Crippen LogP contribution in [-0.4, -0.2) is 25.7 Å². The number of benzene rings is 2. The van der Waals surface area contributed by atoms with E-state index in [1.54, 1.807) is 6.26 Å². The second-order valence-corrected chi connectivity index (χ2v) is 6.90. The summed E-state index contributed by atoms with van der Waals surface area (Å²) >= 11 is 0. The Bertz CT molecular complexity index is 989. The largest absolute Gasteiger partial charge is 0.486 e. The van der Waals surface area contributed by atoms with Gasteiger partial charge in [0.15, 0.2) is 11.5 Å². The lowest BCUT2D eigenvalue weighted by atomic mass is 10.0. The highest BCUT2D eigenvalue weighted by molar-refractivity contribution is 5.89. The van der Waals surface area contributed by atoms with Crippen LogP contribution in [-0.2, 0) is 17.6 Å². The topological polar surface area (TPSA) is 60.7 Å². The maximum atomic E-state index is 12.3. The number of aryl methyl sites for hydroxylation is 2. The molecule has 0 radical (unpaired) electrons. The molecule has 0 atom stereocenters. The van der Waals surface area contributed by atoms with E-state index in [2.05, 4.69) is 18.3 Å². The van der Waals surface area contributed by atoms with Crippen LogP contribution in [0.5, 0.6) is 11.5 Å². The number of amides is 1. The van der Waals surface area contributed by atoms with E-state index in [4.69, 9.17) is 13.9 Å². The average molecular weight is 365 g/mol. The van der Waals surface area contributed by atoms with Gasteiger partial charge >= 0.3 is 0 Å². The van der Waals surface area contributed by atoms with E-state index in [9.17, 15) is 4.79 Å². The van der Waals surface area contributed by atoms with Gasteiger partial charge in [0.1, 0.15) is 18.8 Å². The molecule has 3 aromatic rings. The summed E-state index contributed by atoms with van der Waals surface area (Å²) in [6.45, 7) is 5.83. The minimum absolute atomic E-state index is 0.00604. The van der Waals surface area contributed by atoms with Gasteiger partial charge in [-0.05, 0) is 49.1 Å². The molecule has 5 heteroatoms. The lowest BCUT2D eigenvalue weighted by molar-refractivity contribution is -0.120. The van der Waals surface area contributed by atoms with E-state index in [0.717, 1.165) is 45.6 Å². The van der Waals surface area contributed by atoms with Crippen molar-refractivity contribution in [3.8, 4) is 11.5 Å². The molecule has 0 unspecified atom stereocenters. The fourth-order valence-corrected chi connectivity index (χ4v) is 3.35. The summed E-state index contributed by atoms with van der Waals surface area (Å²) in [4.78, 5) is 12.3. The normalized spacial score (nSPS) is 13.0. The van der Waals surface area contributed by atoms with Crippen LogP contribution in [0.1, 0.15) is 22.3 Å². The minimum Gasteiger partial charge on any atom is -0.486 e. The van der Waals surface area contributed by atoms with Gasteiger partial charge in [-0.15, -0.1) is 0 Å². The molecule has 0 spiro atoms. The van der Waals surface area contributed by atoms with Gasteiger partial charge in [0.2, 0.25) is 5.91 Å². The second-order valence-electron chi connectivity index (χ2n) is 6.90. The number of nitrogens with one attached hydrogen (secondary N) is 1. The summed E-state index contributed by atoms with van der Waals surface area (Å²) in [7, 11) is 0. The first-order valence-corrected chi connectivity index (χ1v) is 9.23.